The Labute approximate surface area is 88.1 Å². The van der Waals surface area contributed by atoms with E-state index in [1.807, 2.05) is 13.0 Å². The van der Waals surface area contributed by atoms with Crippen molar-refractivity contribution in [2.45, 2.75) is 30.5 Å². The molecular weight excluding hydrogens is 204 g/mol. The Hall–Kier alpha value is -0.280. The van der Waals surface area contributed by atoms with Crippen molar-refractivity contribution in [3.8, 4) is 0 Å². The lowest BCUT2D eigenvalue weighted by molar-refractivity contribution is 0.903. The standard InChI is InChI=1S/C9H13ClN2S/c1-7-5-9(12-6-11-7)13-8(2)3-4-10/h5-6,8H,3-4H2,1-2H3. The van der Waals surface area contributed by atoms with Crippen LogP contribution in [0.1, 0.15) is 19.0 Å². The summed E-state index contributed by atoms with van der Waals surface area (Å²) in [7, 11) is 0. The van der Waals surface area contributed by atoms with Crippen molar-refractivity contribution < 1.29 is 0 Å². The second kappa shape index (κ2) is 5.45. The van der Waals surface area contributed by atoms with Crippen molar-refractivity contribution in [3.63, 3.8) is 0 Å². The molecule has 1 unspecified atom stereocenters. The maximum absolute atomic E-state index is 5.65. The maximum atomic E-state index is 5.65. The van der Waals surface area contributed by atoms with Gasteiger partial charge in [-0.05, 0) is 19.4 Å². The summed E-state index contributed by atoms with van der Waals surface area (Å²) in [6.45, 7) is 4.13. The molecule has 0 bridgehead atoms. The molecule has 0 aliphatic rings. The Morgan fingerprint density at radius 2 is 2.31 bits per heavy atom. The van der Waals surface area contributed by atoms with E-state index >= 15 is 0 Å². The molecule has 0 spiro atoms. The molecule has 4 heteroatoms. The summed E-state index contributed by atoms with van der Waals surface area (Å²) in [5.74, 6) is 0.707. The van der Waals surface area contributed by atoms with E-state index in [4.69, 9.17) is 11.6 Å². The summed E-state index contributed by atoms with van der Waals surface area (Å²) in [5, 5.41) is 1.55. The maximum Gasteiger partial charge on any atom is 0.116 e. The van der Waals surface area contributed by atoms with Crippen molar-refractivity contribution in [1.82, 2.24) is 9.97 Å². The molecule has 0 N–H and O–H groups in total. The van der Waals surface area contributed by atoms with E-state index in [1.54, 1.807) is 18.1 Å². The van der Waals surface area contributed by atoms with E-state index in [2.05, 4.69) is 16.9 Å². The van der Waals surface area contributed by atoms with Gasteiger partial charge in [-0.3, -0.25) is 0 Å². The van der Waals surface area contributed by atoms with Crippen LogP contribution in [-0.4, -0.2) is 21.1 Å². The number of hydrogen-bond acceptors (Lipinski definition) is 3. The zero-order valence-corrected chi connectivity index (χ0v) is 9.40. The molecule has 1 aromatic heterocycles. The second-order valence-corrected chi connectivity index (χ2v) is 4.74. The first-order valence-electron chi connectivity index (χ1n) is 4.23. The van der Waals surface area contributed by atoms with Gasteiger partial charge in [-0.1, -0.05) is 6.92 Å². The highest BCUT2D eigenvalue weighted by Crippen LogP contribution is 2.23. The van der Waals surface area contributed by atoms with Gasteiger partial charge >= 0.3 is 0 Å². The predicted octanol–water partition coefficient (Wildman–Crippen LogP) is 2.89. The topological polar surface area (TPSA) is 25.8 Å². The van der Waals surface area contributed by atoms with Crippen LogP contribution >= 0.6 is 23.4 Å². The minimum Gasteiger partial charge on any atom is -0.242 e. The lowest BCUT2D eigenvalue weighted by Crippen LogP contribution is -1.97. The first-order valence-corrected chi connectivity index (χ1v) is 5.65. The van der Waals surface area contributed by atoms with Crippen molar-refractivity contribution >= 4 is 23.4 Å². The third-order valence-electron chi connectivity index (χ3n) is 1.62. The van der Waals surface area contributed by atoms with Gasteiger partial charge in [-0.15, -0.1) is 23.4 Å². The molecule has 1 heterocycles. The van der Waals surface area contributed by atoms with Crippen LogP contribution in [0.4, 0.5) is 0 Å². The van der Waals surface area contributed by atoms with Crippen LogP contribution in [0.5, 0.6) is 0 Å². The van der Waals surface area contributed by atoms with Crippen molar-refractivity contribution in [3.05, 3.63) is 18.1 Å². The summed E-state index contributed by atoms with van der Waals surface area (Å²) in [6, 6.07) is 2.00. The molecule has 0 aliphatic carbocycles. The lowest BCUT2D eigenvalue weighted by atomic mass is 10.4. The largest absolute Gasteiger partial charge is 0.242 e. The Morgan fingerprint density at radius 1 is 1.54 bits per heavy atom. The molecule has 0 fully saturated rings. The fourth-order valence-electron chi connectivity index (χ4n) is 0.913. The molecular formula is C9H13ClN2S. The van der Waals surface area contributed by atoms with Gasteiger partial charge in [0.15, 0.2) is 0 Å². The van der Waals surface area contributed by atoms with Gasteiger partial charge in [0.1, 0.15) is 6.33 Å². The van der Waals surface area contributed by atoms with Gasteiger partial charge in [-0.2, -0.15) is 0 Å². The lowest BCUT2D eigenvalue weighted by Gasteiger charge is -2.07. The molecule has 0 saturated heterocycles. The fraction of sp³-hybridized carbons (Fsp3) is 0.556. The zero-order chi connectivity index (χ0) is 9.68. The molecule has 72 valence electrons. The van der Waals surface area contributed by atoms with Gasteiger partial charge in [0.25, 0.3) is 0 Å². The summed E-state index contributed by atoms with van der Waals surface area (Å²) >= 11 is 7.39. The molecule has 1 atom stereocenters. The SMILES string of the molecule is Cc1cc(SC(C)CCCl)ncn1. The van der Waals surface area contributed by atoms with Gasteiger partial charge < -0.3 is 0 Å². The highest BCUT2D eigenvalue weighted by Gasteiger charge is 2.04. The molecule has 0 aromatic carbocycles. The number of thioether (sulfide) groups is 1. The van der Waals surface area contributed by atoms with Crippen LogP contribution in [0.2, 0.25) is 0 Å². The van der Waals surface area contributed by atoms with Crippen molar-refractivity contribution in [1.29, 1.82) is 0 Å². The Bertz CT molecular complexity index is 268. The van der Waals surface area contributed by atoms with Crippen LogP contribution in [0.15, 0.2) is 17.4 Å². The number of halogens is 1. The Balaban J connectivity index is 2.53. The molecule has 13 heavy (non-hydrogen) atoms. The van der Waals surface area contributed by atoms with E-state index in [0.29, 0.717) is 11.1 Å². The van der Waals surface area contributed by atoms with Crippen LogP contribution in [-0.2, 0) is 0 Å². The van der Waals surface area contributed by atoms with Crippen molar-refractivity contribution in [2.75, 3.05) is 5.88 Å². The molecule has 0 aliphatic heterocycles. The van der Waals surface area contributed by atoms with Gasteiger partial charge in [0.05, 0.1) is 5.03 Å². The van der Waals surface area contributed by atoms with Crippen LogP contribution < -0.4 is 0 Å². The van der Waals surface area contributed by atoms with E-state index in [-0.39, 0.29) is 0 Å². The van der Waals surface area contributed by atoms with E-state index in [0.717, 1.165) is 17.1 Å². The van der Waals surface area contributed by atoms with Crippen molar-refractivity contribution in [2.24, 2.45) is 0 Å². The minimum absolute atomic E-state index is 0.520. The predicted molar refractivity (Wildman–Crippen MR) is 57.4 cm³/mol. The monoisotopic (exact) mass is 216 g/mol. The summed E-state index contributed by atoms with van der Waals surface area (Å²) in [5.41, 5.74) is 1.01. The van der Waals surface area contributed by atoms with E-state index < -0.39 is 0 Å². The number of rotatable bonds is 4. The average Bonchev–Trinajstić information content (AvgIpc) is 2.04. The molecule has 1 rings (SSSR count). The molecule has 1 aromatic rings. The number of nitrogens with zero attached hydrogens (tertiary/aromatic N) is 2. The normalized spacial score (nSPS) is 12.8. The van der Waals surface area contributed by atoms with Crippen LogP contribution in [0.25, 0.3) is 0 Å². The summed E-state index contributed by atoms with van der Waals surface area (Å²) < 4.78 is 0. The number of aryl methyl sites for hydroxylation is 1. The molecule has 0 saturated carbocycles. The fourth-order valence-corrected chi connectivity index (χ4v) is 2.36. The molecule has 2 nitrogen and oxygen atoms in total. The van der Waals surface area contributed by atoms with Gasteiger partial charge in [0, 0.05) is 16.8 Å². The Kier molecular flexibility index (Phi) is 4.53. The molecule has 0 radical (unpaired) electrons. The Morgan fingerprint density at radius 3 is 2.92 bits per heavy atom. The number of hydrogen-bond donors (Lipinski definition) is 0. The third kappa shape index (κ3) is 3.96. The smallest absolute Gasteiger partial charge is 0.116 e. The quantitative estimate of drug-likeness (QED) is 0.440. The first kappa shape index (κ1) is 10.8. The number of aromatic nitrogens is 2. The minimum atomic E-state index is 0.520. The third-order valence-corrected chi connectivity index (χ3v) is 2.94. The van der Waals surface area contributed by atoms with E-state index in [9.17, 15) is 0 Å². The van der Waals surface area contributed by atoms with Crippen LogP contribution in [0, 0.1) is 6.92 Å². The van der Waals surface area contributed by atoms with Gasteiger partial charge in [-0.25, -0.2) is 9.97 Å². The van der Waals surface area contributed by atoms with E-state index in [1.165, 1.54) is 0 Å². The van der Waals surface area contributed by atoms with Crippen LogP contribution in [0.3, 0.4) is 0 Å². The summed E-state index contributed by atoms with van der Waals surface area (Å²) in [6.07, 6.45) is 2.61. The zero-order valence-electron chi connectivity index (χ0n) is 7.83. The summed E-state index contributed by atoms with van der Waals surface area (Å²) in [4.78, 5) is 8.21. The first-order chi connectivity index (χ1) is 6.22. The van der Waals surface area contributed by atoms with Gasteiger partial charge in [0.2, 0.25) is 0 Å². The second-order valence-electron chi connectivity index (χ2n) is 2.90. The highest BCUT2D eigenvalue weighted by atomic mass is 35.5. The average molecular weight is 217 g/mol. The molecule has 0 amide bonds. The highest BCUT2D eigenvalue weighted by molar-refractivity contribution is 7.99. The number of alkyl halides is 1.